The second kappa shape index (κ2) is 6.51. The quantitative estimate of drug-likeness (QED) is 0.837. The van der Waals surface area contributed by atoms with Crippen LogP contribution in [0.15, 0.2) is 18.2 Å². The molecule has 0 aromatic heterocycles. The predicted octanol–water partition coefficient (Wildman–Crippen LogP) is 2.51. The zero-order valence-corrected chi connectivity index (χ0v) is 10.5. The summed E-state index contributed by atoms with van der Waals surface area (Å²) in [7, 11) is 0. The van der Waals surface area contributed by atoms with E-state index in [2.05, 4.69) is 5.92 Å². The first-order valence-electron chi connectivity index (χ1n) is 4.84. The van der Waals surface area contributed by atoms with Crippen LogP contribution in [-0.2, 0) is 11.3 Å². The summed E-state index contributed by atoms with van der Waals surface area (Å²) in [5.41, 5.74) is 0.832. The number of terminal acetylenes is 1. The summed E-state index contributed by atoms with van der Waals surface area (Å²) in [6.07, 6.45) is 5.18. The van der Waals surface area contributed by atoms with Crippen LogP contribution in [0.5, 0.6) is 0 Å². The molecule has 0 atom stereocenters. The van der Waals surface area contributed by atoms with Crippen molar-refractivity contribution in [2.24, 2.45) is 0 Å². The van der Waals surface area contributed by atoms with Crippen LogP contribution in [0.25, 0.3) is 0 Å². The summed E-state index contributed by atoms with van der Waals surface area (Å²) in [6, 6.07) is 5.09. The topological polar surface area (TPSA) is 40.5 Å². The Bertz CT molecular complexity index is 434. The number of hydrogen-bond donors (Lipinski definition) is 1. The number of nitrogens with zero attached hydrogens (tertiary/aromatic N) is 1. The van der Waals surface area contributed by atoms with Gasteiger partial charge in [0, 0.05) is 16.6 Å². The van der Waals surface area contributed by atoms with Crippen molar-refractivity contribution in [3.8, 4) is 12.3 Å². The Balaban J connectivity index is 2.78. The van der Waals surface area contributed by atoms with Crippen molar-refractivity contribution in [1.82, 2.24) is 4.90 Å². The third-order valence-corrected chi connectivity index (χ3v) is 2.44. The van der Waals surface area contributed by atoms with E-state index in [1.807, 2.05) is 0 Å². The number of benzene rings is 1. The van der Waals surface area contributed by atoms with Gasteiger partial charge in [-0.25, -0.2) is 0 Å². The van der Waals surface area contributed by atoms with E-state index in [0.717, 1.165) is 5.56 Å². The van der Waals surface area contributed by atoms with Crippen LogP contribution in [0, 0.1) is 12.3 Å². The van der Waals surface area contributed by atoms with Gasteiger partial charge in [0.05, 0.1) is 13.1 Å². The van der Waals surface area contributed by atoms with Gasteiger partial charge in [-0.15, -0.1) is 6.42 Å². The molecule has 0 spiro atoms. The predicted molar refractivity (Wildman–Crippen MR) is 68.2 cm³/mol. The highest BCUT2D eigenvalue weighted by molar-refractivity contribution is 6.34. The highest BCUT2D eigenvalue weighted by Crippen LogP contribution is 2.20. The molecule has 0 heterocycles. The zero-order chi connectivity index (χ0) is 12.8. The molecule has 0 amide bonds. The molecule has 0 aliphatic heterocycles. The Hall–Kier alpha value is -1.21. The number of halogens is 2. The normalized spacial score (nSPS) is 10.2. The number of carboxylic acids is 1. The van der Waals surface area contributed by atoms with Crippen LogP contribution in [0.2, 0.25) is 10.0 Å². The van der Waals surface area contributed by atoms with Gasteiger partial charge >= 0.3 is 5.97 Å². The molecule has 5 heteroatoms. The van der Waals surface area contributed by atoms with Gasteiger partial charge in [-0.1, -0.05) is 29.1 Å². The fraction of sp³-hybridized carbons (Fsp3) is 0.250. The Kier molecular flexibility index (Phi) is 5.30. The molecular formula is C12H11Cl2NO2. The van der Waals surface area contributed by atoms with Crippen molar-refractivity contribution >= 4 is 29.2 Å². The molecule has 1 aromatic rings. The zero-order valence-electron chi connectivity index (χ0n) is 8.99. The van der Waals surface area contributed by atoms with Gasteiger partial charge in [0.1, 0.15) is 0 Å². The average Bonchev–Trinajstić information content (AvgIpc) is 2.14. The summed E-state index contributed by atoms with van der Waals surface area (Å²) in [5, 5.41) is 9.77. The monoisotopic (exact) mass is 271 g/mol. The van der Waals surface area contributed by atoms with Crippen molar-refractivity contribution in [2.45, 2.75) is 6.54 Å². The number of hydrogen-bond acceptors (Lipinski definition) is 2. The molecule has 90 valence electrons. The molecule has 0 fully saturated rings. The lowest BCUT2D eigenvalue weighted by atomic mass is 10.2. The fourth-order valence-electron chi connectivity index (χ4n) is 1.45. The molecular weight excluding hydrogens is 261 g/mol. The molecule has 3 nitrogen and oxygen atoms in total. The Morgan fingerprint density at radius 3 is 2.41 bits per heavy atom. The summed E-state index contributed by atoms with van der Waals surface area (Å²) < 4.78 is 0. The molecule has 0 bridgehead atoms. The molecule has 0 saturated heterocycles. The number of aliphatic carboxylic acids is 1. The minimum Gasteiger partial charge on any atom is -0.480 e. The SMILES string of the molecule is C#CCN(CC(=O)O)Cc1cc(Cl)cc(Cl)c1. The van der Waals surface area contributed by atoms with Crippen molar-refractivity contribution < 1.29 is 9.90 Å². The maximum absolute atomic E-state index is 10.6. The largest absolute Gasteiger partial charge is 0.480 e. The Morgan fingerprint density at radius 2 is 1.94 bits per heavy atom. The minimum atomic E-state index is -0.923. The molecule has 0 radical (unpaired) electrons. The average molecular weight is 272 g/mol. The molecule has 0 saturated carbocycles. The first kappa shape index (κ1) is 13.9. The highest BCUT2D eigenvalue weighted by Gasteiger charge is 2.10. The van der Waals surface area contributed by atoms with Gasteiger partial charge in [0.25, 0.3) is 0 Å². The first-order valence-corrected chi connectivity index (χ1v) is 5.59. The molecule has 0 aliphatic carbocycles. The van der Waals surface area contributed by atoms with E-state index in [1.165, 1.54) is 0 Å². The van der Waals surface area contributed by atoms with E-state index >= 15 is 0 Å². The van der Waals surface area contributed by atoms with Crippen LogP contribution in [-0.4, -0.2) is 29.1 Å². The second-order valence-corrected chi connectivity index (χ2v) is 4.39. The van der Waals surface area contributed by atoms with E-state index in [1.54, 1.807) is 23.1 Å². The van der Waals surface area contributed by atoms with Crippen LogP contribution in [0.1, 0.15) is 5.56 Å². The van der Waals surface area contributed by atoms with E-state index in [-0.39, 0.29) is 13.1 Å². The smallest absolute Gasteiger partial charge is 0.317 e. The van der Waals surface area contributed by atoms with E-state index < -0.39 is 5.97 Å². The number of carbonyl (C=O) groups is 1. The third-order valence-electron chi connectivity index (χ3n) is 2.00. The van der Waals surface area contributed by atoms with Gasteiger partial charge < -0.3 is 5.11 Å². The van der Waals surface area contributed by atoms with Gasteiger partial charge in [-0.3, -0.25) is 9.69 Å². The lowest BCUT2D eigenvalue weighted by Gasteiger charge is -2.17. The maximum atomic E-state index is 10.6. The van der Waals surface area contributed by atoms with Gasteiger partial charge in [0.15, 0.2) is 0 Å². The Morgan fingerprint density at radius 1 is 1.35 bits per heavy atom. The van der Waals surface area contributed by atoms with Crippen molar-refractivity contribution in [3.63, 3.8) is 0 Å². The summed E-state index contributed by atoms with van der Waals surface area (Å²) in [6.45, 7) is 0.543. The molecule has 17 heavy (non-hydrogen) atoms. The molecule has 0 aliphatic rings. The minimum absolute atomic E-state index is 0.117. The second-order valence-electron chi connectivity index (χ2n) is 3.52. The van der Waals surface area contributed by atoms with Crippen molar-refractivity contribution in [2.75, 3.05) is 13.1 Å². The Labute approximate surface area is 110 Å². The third kappa shape index (κ3) is 5.10. The standard InChI is InChI=1S/C12H11Cl2NO2/c1-2-3-15(8-12(16)17)7-9-4-10(13)6-11(14)5-9/h1,4-6H,3,7-8H2,(H,16,17). The lowest BCUT2D eigenvalue weighted by Crippen LogP contribution is -2.29. The lowest BCUT2D eigenvalue weighted by molar-refractivity contribution is -0.138. The van der Waals surface area contributed by atoms with Crippen LogP contribution >= 0.6 is 23.2 Å². The summed E-state index contributed by atoms with van der Waals surface area (Å²) in [5.74, 6) is 1.50. The van der Waals surface area contributed by atoms with Gasteiger partial charge in [-0.2, -0.15) is 0 Å². The molecule has 0 unspecified atom stereocenters. The van der Waals surface area contributed by atoms with Crippen LogP contribution in [0.4, 0.5) is 0 Å². The summed E-state index contributed by atoms with van der Waals surface area (Å²) >= 11 is 11.7. The first-order chi connectivity index (χ1) is 8.01. The molecule has 1 N–H and O–H groups in total. The highest BCUT2D eigenvalue weighted by atomic mass is 35.5. The van der Waals surface area contributed by atoms with Crippen molar-refractivity contribution in [1.29, 1.82) is 0 Å². The van der Waals surface area contributed by atoms with E-state index in [0.29, 0.717) is 16.6 Å². The number of rotatable bonds is 5. The van der Waals surface area contributed by atoms with Crippen molar-refractivity contribution in [3.05, 3.63) is 33.8 Å². The van der Waals surface area contributed by atoms with E-state index in [9.17, 15) is 4.79 Å². The van der Waals surface area contributed by atoms with Crippen LogP contribution < -0.4 is 0 Å². The van der Waals surface area contributed by atoms with Gasteiger partial charge in [-0.05, 0) is 23.8 Å². The fourth-order valence-corrected chi connectivity index (χ4v) is 2.02. The molecule has 1 rings (SSSR count). The van der Waals surface area contributed by atoms with Gasteiger partial charge in [0.2, 0.25) is 0 Å². The maximum Gasteiger partial charge on any atom is 0.317 e. The van der Waals surface area contributed by atoms with Crippen LogP contribution in [0.3, 0.4) is 0 Å². The molecule has 1 aromatic carbocycles. The number of carboxylic acid groups (broad SMARTS) is 1. The van der Waals surface area contributed by atoms with E-state index in [4.69, 9.17) is 34.7 Å². The summed E-state index contributed by atoms with van der Waals surface area (Å²) in [4.78, 5) is 12.3.